The third-order valence-electron chi connectivity index (χ3n) is 13.3. The van der Waals surface area contributed by atoms with E-state index >= 15 is 0 Å². The van der Waals surface area contributed by atoms with Gasteiger partial charge in [0.25, 0.3) is 0 Å². The Morgan fingerprint density at radius 2 is 0.918 bits per heavy atom. The van der Waals surface area contributed by atoms with Gasteiger partial charge in [-0.05, 0) is 129 Å². The van der Waals surface area contributed by atoms with Crippen molar-refractivity contribution in [3.63, 3.8) is 0 Å². The van der Waals surface area contributed by atoms with Crippen molar-refractivity contribution in [3.8, 4) is 89.8 Å². The van der Waals surface area contributed by atoms with Crippen LogP contribution in [0.3, 0.4) is 0 Å². The van der Waals surface area contributed by atoms with Gasteiger partial charge in [0, 0.05) is 59.3 Å². The van der Waals surface area contributed by atoms with Crippen LogP contribution >= 0.6 is 0 Å². The summed E-state index contributed by atoms with van der Waals surface area (Å²) in [4.78, 5) is 0. The molecule has 2 nitrogen and oxygen atoms in total. The average Bonchev–Trinajstić information content (AvgIpc) is 3.31. The largest absolute Gasteiger partial charge is 0.456 e. The lowest BCUT2D eigenvalue weighted by Crippen LogP contribution is -2.26. The smallest absolute Gasteiger partial charge is 0.139 e. The summed E-state index contributed by atoms with van der Waals surface area (Å²) in [6.07, 6.45) is -2.05. The molecule has 0 atom stereocenters. The van der Waals surface area contributed by atoms with E-state index in [4.69, 9.17) is 17.7 Å². The molecular weight excluding hydrogens is 741 g/mol. The number of fused-ring (bicyclic) bond motifs is 12. The van der Waals surface area contributed by atoms with Crippen LogP contribution in [0.1, 0.15) is 94.2 Å². The maximum absolute atomic E-state index is 9.64. The van der Waals surface area contributed by atoms with E-state index in [-0.39, 0.29) is 61.9 Å². The van der Waals surface area contributed by atoms with Crippen LogP contribution in [-0.2, 0) is 17.2 Å². The van der Waals surface area contributed by atoms with Gasteiger partial charge in [-0.25, -0.2) is 0 Å². The number of hydrogen-bond acceptors (Lipinski definition) is 2. The SMILES string of the molecule is [2H]C([2H])([2H])c1ccc2c(c1)Oc1c(ccc(C([2H])([2H])C)c1-c1cc3c(c(-c4ccc5c(c4)-c4ccccc4-c4ccccc4-c4ccccc4-5)c1C([2H])([2H])[2H])Oc1cc(C([2H])([2H])[2H])ccc1C3(C)C)C2(C)C. The lowest BCUT2D eigenvalue weighted by atomic mass is 9.71. The third-order valence-corrected chi connectivity index (χ3v) is 13.3. The molecule has 0 fully saturated rings. The van der Waals surface area contributed by atoms with E-state index in [0.717, 1.165) is 50.1 Å². The number of rotatable bonds is 3. The van der Waals surface area contributed by atoms with Gasteiger partial charge in [0.1, 0.15) is 23.0 Å². The quantitative estimate of drug-likeness (QED) is 0.177. The molecule has 298 valence electrons. The van der Waals surface area contributed by atoms with Crippen molar-refractivity contribution in [2.45, 2.75) is 72.4 Å². The lowest BCUT2D eigenvalue weighted by molar-refractivity contribution is 0.416. The van der Waals surface area contributed by atoms with Gasteiger partial charge in [0.2, 0.25) is 0 Å². The van der Waals surface area contributed by atoms with Crippen molar-refractivity contribution < 1.29 is 24.6 Å². The second-order valence-corrected chi connectivity index (χ2v) is 17.4. The van der Waals surface area contributed by atoms with Gasteiger partial charge < -0.3 is 9.47 Å². The van der Waals surface area contributed by atoms with Gasteiger partial charge in [0.05, 0.1) is 0 Å². The average molecular weight is 802 g/mol. The van der Waals surface area contributed by atoms with Crippen molar-refractivity contribution >= 4 is 0 Å². The first kappa shape index (κ1) is 27.3. The van der Waals surface area contributed by atoms with E-state index in [0.29, 0.717) is 22.3 Å². The van der Waals surface area contributed by atoms with Gasteiger partial charge in [-0.3, -0.25) is 0 Å². The zero-order valence-corrected chi connectivity index (χ0v) is 34.7. The highest BCUT2D eigenvalue weighted by atomic mass is 16.5. The minimum absolute atomic E-state index is 0.0640. The summed E-state index contributed by atoms with van der Waals surface area (Å²) in [7, 11) is 0. The Bertz CT molecular complexity index is 3580. The predicted molar refractivity (Wildman–Crippen MR) is 253 cm³/mol. The highest BCUT2D eigenvalue weighted by Gasteiger charge is 2.40. The van der Waals surface area contributed by atoms with Crippen molar-refractivity contribution in [2.24, 2.45) is 0 Å². The molecule has 0 saturated heterocycles. The molecule has 2 heteroatoms. The van der Waals surface area contributed by atoms with Gasteiger partial charge in [-0.1, -0.05) is 156 Å². The first-order valence-corrected chi connectivity index (χ1v) is 20.8. The molecule has 0 amide bonds. The highest BCUT2D eigenvalue weighted by molar-refractivity contribution is 6.04. The maximum Gasteiger partial charge on any atom is 0.139 e. The van der Waals surface area contributed by atoms with Crippen LogP contribution in [0.15, 0.2) is 146 Å². The topological polar surface area (TPSA) is 18.5 Å². The molecule has 2 aliphatic heterocycles. The molecule has 61 heavy (non-hydrogen) atoms. The molecule has 0 radical (unpaired) electrons. The molecule has 0 bridgehead atoms. The monoisotopic (exact) mass is 801 g/mol. The Hall–Kier alpha value is -6.64. The summed E-state index contributed by atoms with van der Waals surface area (Å²) < 4.78 is 111. The molecule has 0 spiro atoms. The number of benzene rings is 8. The molecule has 3 aliphatic rings. The molecule has 0 aromatic heterocycles. The van der Waals surface area contributed by atoms with Crippen molar-refractivity contribution in [1.29, 1.82) is 0 Å². The van der Waals surface area contributed by atoms with Gasteiger partial charge in [0.15, 0.2) is 0 Å². The standard InChI is InChI=1S/C59H50O2/c1-9-37-25-29-50-56(60-52-30-34(2)22-27-48(52)58(50,5)6)55(37)46-33-51-57(61-53-31-35(3)23-28-49(53)59(51,7)8)54(36(46)4)38-24-26-45-43-20-13-12-18-41(43)39-16-10-11-17-40(39)42-19-14-15-21-44(42)47(45)32-38/h10-33H,9H2,1-8H3/i2D3,3D3,4D3,9D2. The highest BCUT2D eigenvalue weighted by Crippen LogP contribution is 2.59. The van der Waals surface area contributed by atoms with Crippen molar-refractivity contribution in [3.05, 3.63) is 190 Å². The summed E-state index contributed by atoms with van der Waals surface area (Å²) in [6.45, 7) is 1.56. The van der Waals surface area contributed by atoms with Gasteiger partial charge in [-0.2, -0.15) is 0 Å². The summed E-state index contributed by atoms with van der Waals surface area (Å²) >= 11 is 0. The van der Waals surface area contributed by atoms with Crippen LogP contribution in [0, 0.1) is 20.6 Å². The zero-order valence-electron chi connectivity index (χ0n) is 45.7. The Morgan fingerprint density at radius 3 is 1.43 bits per heavy atom. The second kappa shape index (κ2) is 13.4. The number of aryl methyl sites for hydroxylation is 3. The van der Waals surface area contributed by atoms with E-state index in [9.17, 15) is 6.85 Å². The lowest BCUT2D eigenvalue weighted by Gasteiger charge is -2.38. The van der Waals surface area contributed by atoms with Crippen LogP contribution < -0.4 is 9.47 Å². The molecule has 8 aromatic carbocycles. The third kappa shape index (κ3) is 5.47. The molecule has 0 saturated carbocycles. The predicted octanol–water partition coefficient (Wildman–Crippen LogP) is 16.4. The Balaban J connectivity index is 1.28. The van der Waals surface area contributed by atoms with Crippen molar-refractivity contribution in [1.82, 2.24) is 0 Å². The maximum atomic E-state index is 9.64. The van der Waals surface area contributed by atoms with E-state index in [1.165, 1.54) is 19.1 Å². The fraction of sp³-hybridized carbons (Fsp3) is 0.186. The minimum Gasteiger partial charge on any atom is -0.456 e. The summed E-state index contributed by atoms with van der Waals surface area (Å²) in [5.74, 6) is 1.00. The van der Waals surface area contributed by atoms with Gasteiger partial charge in [-0.15, -0.1) is 0 Å². The first-order chi connectivity index (χ1) is 33.8. The molecular formula is C59H50O2. The van der Waals surface area contributed by atoms with E-state index in [2.05, 4.69) is 36.4 Å². The number of ether oxygens (including phenoxy) is 2. The molecule has 0 unspecified atom stereocenters. The summed E-state index contributed by atoms with van der Waals surface area (Å²) in [5.41, 5.74) is 10.0. The van der Waals surface area contributed by atoms with Gasteiger partial charge >= 0.3 is 0 Å². The van der Waals surface area contributed by atoms with Crippen LogP contribution in [0.25, 0.3) is 66.8 Å². The van der Waals surface area contributed by atoms with E-state index in [1.54, 1.807) is 36.4 Å². The molecule has 1 aliphatic carbocycles. The van der Waals surface area contributed by atoms with Crippen LogP contribution in [0.2, 0.25) is 0 Å². The Morgan fingerprint density at radius 1 is 0.443 bits per heavy atom. The van der Waals surface area contributed by atoms with Crippen LogP contribution in [-0.4, -0.2) is 0 Å². The molecule has 2 heterocycles. The fourth-order valence-electron chi connectivity index (χ4n) is 10.1. The summed E-state index contributed by atoms with van der Waals surface area (Å²) in [5, 5.41) is 0. The molecule has 11 rings (SSSR count). The Labute approximate surface area is 376 Å². The molecule has 0 N–H and O–H groups in total. The number of hydrogen-bond donors (Lipinski definition) is 0. The van der Waals surface area contributed by atoms with Crippen molar-refractivity contribution in [2.75, 3.05) is 0 Å². The normalized spacial score (nSPS) is 18.0. The van der Waals surface area contributed by atoms with E-state index < -0.39 is 37.8 Å². The zero-order chi connectivity index (χ0) is 51.2. The van der Waals surface area contributed by atoms with Crippen LogP contribution in [0.4, 0.5) is 0 Å². The second-order valence-electron chi connectivity index (χ2n) is 17.4. The molecule has 8 aromatic rings. The van der Waals surface area contributed by atoms with Crippen LogP contribution in [0.5, 0.6) is 23.0 Å². The first-order valence-electron chi connectivity index (χ1n) is 26.3. The van der Waals surface area contributed by atoms with E-state index in [1.807, 2.05) is 88.4 Å². The minimum atomic E-state index is -2.90. The fourth-order valence-corrected chi connectivity index (χ4v) is 10.1. The Kier molecular flexibility index (Phi) is 6.00. The summed E-state index contributed by atoms with van der Waals surface area (Å²) in [6, 6.07) is 45.7.